The summed E-state index contributed by atoms with van der Waals surface area (Å²) < 4.78 is 8.80. The number of hydrogen-bond acceptors (Lipinski definition) is 1. The summed E-state index contributed by atoms with van der Waals surface area (Å²) >= 11 is -2.51. The van der Waals surface area contributed by atoms with Crippen LogP contribution in [0.4, 0.5) is 17.2 Å². The fourth-order valence-electron chi connectivity index (χ4n) is 5.13. The Kier molecular flexibility index (Phi) is 9.77. The molecule has 0 atom stereocenters. The first-order valence-electron chi connectivity index (χ1n) is 12.7. The molecule has 0 saturated carbocycles. The van der Waals surface area contributed by atoms with Gasteiger partial charge in [0.15, 0.2) is 0 Å². The quantitative estimate of drug-likeness (QED) is 0.198. The summed E-state index contributed by atoms with van der Waals surface area (Å²) in [6.45, 7) is 7.08. The summed E-state index contributed by atoms with van der Waals surface area (Å²) in [5.74, 6) is 1.29. The van der Waals surface area contributed by atoms with Gasteiger partial charge < -0.3 is 0 Å². The van der Waals surface area contributed by atoms with Gasteiger partial charge in [-0.1, -0.05) is 0 Å². The molecule has 0 saturated heterocycles. The number of hydrogen-bond donors (Lipinski definition) is 0. The molecule has 0 spiro atoms. The minimum atomic E-state index is -2.51. The van der Waals surface area contributed by atoms with Gasteiger partial charge in [0, 0.05) is 0 Å². The van der Waals surface area contributed by atoms with E-state index in [-0.39, 0.29) is 0 Å². The van der Waals surface area contributed by atoms with Crippen LogP contribution in [0.3, 0.4) is 0 Å². The van der Waals surface area contributed by atoms with Crippen molar-refractivity contribution in [3.05, 3.63) is 72.8 Å². The Morgan fingerprint density at radius 1 is 0.625 bits per heavy atom. The first-order valence-corrected chi connectivity index (χ1v) is 20.2. The van der Waals surface area contributed by atoms with Crippen LogP contribution in [0, 0.1) is 0 Å². The normalized spacial score (nSPS) is 11.6. The summed E-state index contributed by atoms with van der Waals surface area (Å²) in [6.07, 6.45) is 8.12. The van der Waals surface area contributed by atoms with Crippen molar-refractivity contribution < 1.29 is 0 Å². The minimum absolute atomic E-state index is 1.22. The van der Waals surface area contributed by atoms with Crippen LogP contribution < -0.4 is 8.61 Å². The van der Waals surface area contributed by atoms with E-state index in [0.29, 0.717) is 0 Å². The summed E-state index contributed by atoms with van der Waals surface area (Å²) in [6, 6.07) is 26.6. The molecule has 0 fully saturated rings. The molecule has 3 aromatic rings. The predicted molar refractivity (Wildman–Crippen MR) is 145 cm³/mol. The molecule has 2 nitrogen and oxygen atoms in total. The van der Waals surface area contributed by atoms with E-state index in [1.807, 2.05) is 0 Å². The van der Waals surface area contributed by atoms with Crippen molar-refractivity contribution in [3.8, 4) is 0 Å². The van der Waals surface area contributed by atoms with Gasteiger partial charge >= 0.3 is 201 Å². The maximum atomic E-state index is 2.58. The molecule has 3 rings (SSSR count). The van der Waals surface area contributed by atoms with Crippen LogP contribution in [0.15, 0.2) is 72.8 Å². The molecule has 0 aliphatic heterocycles. The van der Waals surface area contributed by atoms with Crippen LogP contribution in [0.25, 0.3) is 0 Å². The molecule has 2 aromatic carbocycles. The Bertz CT molecular complexity index is 856. The van der Waals surface area contributed by atoms with Gasteiger partial charge in [0.05, 0.1) is 0 Å². The fourth-order valence-corrected chi connectivity index (χ4v) is 21.9. The molecule has 0 aliphatic carbocycles. The molecular weight excluding hydrogens is 495 g/mol. The summed E-state index contributed by atoms with van der Waals surface area (Å²) in [4.78, 5) is 2.43. The molecule has 0 radical (unpaired) electrons. The number of unbranched alkanes of at least 4 members (excludes halogenated alkanes) is 3. The molecule has 172 valence electrons. The van der Waals surface area contributed by atoms with Crippen molar-refractivity contribution in [1.29, 1.82) is 0 Å². The monoisotopic (exact) mass is 538 g/mol. The van der Waals surface area contributed by atoms with Gasteiger partial charge in [-0.25, -0.2) is 0 Å². The molecular formula is C29H42N2Sn. The predicted octanol–water partition coefficient (Wildman–Crippen LogP) is 8.55. The van der Waals surface area contributed by atoms with Gasteiger partial charge in [-0.3, -0.25) is 0 Å². The zero-order valence-electron chi connectivity index (χ0n) is 20.7. The van der Waals surface area contributed by atoms with Crippen molar-refractivity contribution in [2.45, 2.75) is 72.6 Å². The van der Waals surface area contributed by atoms with Gasteiger partial charge in [0.25, 0.3) is 0 Å². The molecule has 0 aliphatic rings. The molecule has 32 heavy (non-hydrogen) atoms. The van der Waals surface area contributed by atoms with Gasteiger partial charge in [0.1, 0.15) is 0 Å². The summed E-state index contributed by atoms with van der Waals surface area (Å²) in [5.41, 5.74) is 2.45. The van der Waals surface area contributed by atoms with Crippen LogP contribution in [0.1, 0.15) is 59.3 Å². The second kappa shape index (κ2) is 12.5. The number of aromatic nitrogens is 1. The van der Waals surface area contributed by atoms with E-state index < -0.39 is 18.4 Å². The van der Waals surface area contributed by atoms with Crippen LogP contribution in [0.2, 0.25) is 13.3 Å². The van der Waals surface area contributed by atoms with Gasteiger partial charge in [-0.05, 0) is 0 Å². The second-order valence-corrected chi connectivity index (χ2v) is 22.3. The zero-order chi connectivity index (χ0) is 22.8. The molecule has 0 bridgehead atoms. The molecule has 1 heterocycles. The summed E-state index contributed by atoms with van der Waals surface area (Å²) in [5, 5.41) is 0. The van der Waals surface area contributed by atoms with Crippen molar-refractivity contribution in [3.63, 3.8) is 0 Å². The molecule has 0 amide bonds. The third-order valence-electron chi connectivity index (χ3n) is 6.92. The van der Waals surface area contributed by atoms with E-state index in [2.05, 4.69) is 110 Å². The Hall–Kier alpha value is -1.68. The standard InChI is InChI=1S/C17H15N2.3C4H9.Sn/c1-18-14-8-13-17(18)19(15-9-4-2-5-10-15)16-11-6-3-7-12-16;3*1-3-4-2;/h2-13H,1H3;3*1,3-4H2,2H3;. The Balaban J connectivity index is 2.10. The number of rotatable bonds is 13. The first-order chi connectivity index (χ1) is 15.7. The topological polar surface area (TPSA) is 8.17 Å². The van der Waals surface area contributed by atoms with Crippen LogP contribution in [-0.2, 0) is 7.05 Å². The summed E-state index contributed by atoms with van der Waals surface area (Å²) in [7, 11) is 2.33. The van der Waals surface area contributed by atoms with E-state index in [4.69, 9.17) is 0 Å². The Morgan fingerprint density at radius 3 is 1.47 bits per heavy atom. The van der Waals surface area contributed by atoms with E-state index in [1.165, 1.54) is 69.0 Å². The number of para-hydroxylation sites is 2. The number of benzene rings is 2. The molecule has 0 N–H and O–H groups in total. The van der Waals surface area contributed by atoms with Gasteiger partial charge in [-0.15, -0.1) is 0 Å². The maximum absolute atomic E-state index is 2.58. The Morgan fingerprint density at radius 2 is 1.06 bits per heavy atom. The number of anilines is 3. The van der Waals surface area contributed by atoms with Crippen molar-refractivity contribution >= 4 is 39.3 Å². The van der Waals surface area contributed by atoms with Gasteiger partial charge in [0.2, 0.25) is 0 Å². The fraction of sp³-hybridized carbons (Fsp3) is 0.448. The zero-order valence-corrected chi connectivity index (χ0v) is 23.5. The van der Waals surface area contributed by atoms with Crippen LogP contribution in [0.5, 0.6) is 0 Å². The van der Waals surface area contributed by atoms with E-state index in [0.717, 1.165) is 0 Å². The molecule has 3 heteroatoms. The van der Waals surface area contributed by atoms with Crippen molar-refractivity contribution in [2.75, 3.05) is 4.90 Å². The number of nitrogens with zero attached hydrogens (tertiary/aromatic N) is 2. The average Bonchev–Trinajstić information content (AvgIpc) is 3.22. The van der Waals surface area contributed by atoms with E-state index in [9.17, 15) is 0 Å². The van der Waals surface area contributed by atoms with Crippen LogP contribution >= 0.6 is 0 Å². The van der Waals surface area contributed by atoms with Crippen LogP contribution in [-0.4, -0.2) is 22.9 Å². The SMILES string of the molecule is CCC[CH2][Sn]([CH2]CCC)([CH2]CCC)[c]1ccc(N(c2ccccc2)c2ccccc2)n1C. The van der Waals surface area contributed by atoms with E-state index >= 15 is 0 Å². The second-order valence-electron chi connectivity index (χ2n) is 9.23. The van der Waals surface area contributed by atoms with E-state index in [1.54, 1.807) is 3.71 Å². The third kappa shape index (κ3) is 5.81. The third-order valence-corrected chi connectivity index (χ3v) is 22.7. The van der Waals surface area contributed by atoms with Crippen molar-refractivity contribution in [2.24, 2.45) is 7.05 Å². The van der Waals surface area contributed by atoms with Gasteiger partial charge in [-0.2, -0.15) is 0 Å². The molecule has 0 unspecified atom stereocenters. The first kappa shape index (κ1) is 25.0. The Labute approximate surface area is 200 Å². The molecule has 1 aromatic heterocycles. The van der Waals surface area contributed by atoms with Crippen molar-refractivity contribution in [1.82, 2.24) is 4.57 Å². The average molecular weight is 537 g/mol.